The third-order valence-corrected chi connectivity index (χ3v) is 3.79. The van der Waals surface area contributed by atoms with E-state index in [1.165, 1.54) is 0 Å². The Morgan fingerprint density at radius 2 is 1.30 bits per heavy atom. The molecule has 0 saturated heterocycles. The first-order chi connectivity index (χ1) is 11.1. The molecular formula is C17H18IN3O2. The molecule has 0 spiro atoms. The molecule has 120 valence electrons. The molecule has 2 rings (SSSR count). The molecule has 0 radical (unpaired) electrons. The number of halogens is 1. The maximum absolute atomic E-state index is 11.9. The Kier molecular flexibility index (Phi) is 6.40. The molecule has 3 N–H and O–H groups in total. The van der Waals surface area contributed by atoms with E-state index in [4.69, 9.17) is 0 Å². The van der Waals surface area contributed by atoms with E-state index in [1.807, 2.05) is 24.3 Å². The summed E-state index contributed by atoms with van der Waals surface area (Å²) in [7, 11) is 0. The average Bonchev–Trinajstić information content (AvgIpc) is 2.56. The van der Waals surface area contributed by atoms with Crippen LogP contribution in [0.3, 0.4) is 0 Å². The van der Waals surface area contributed by atoms with Gasteiger partial charge in [-0.2, -0.15) is 0 Å². The predicted molar refractivity (Wildman–Crippen MR) is 102 cm³/mol. The van der Waals surface area contributed by atoms with E-state index in [0.717, 1.165) is 9.26 Å². The summed E-state index contributed by atoms with van der Waals surface area (Å²) in [4.78, 5) is 23.2. The van der Waals surface area contributed by atoms with Gasteiger partial charge in [0, 0.05) is 27.1 Å². The lowest BCUT2D eigenvalue weighted by atomic mass is 10.2. The van der Waals surface area contributed by atoms with E-state index in [-0.39, 0.29) is 18.4 Å². The van der Waals surface area contributed by atoms with E-state index in [9.17, 15) is 9.59 Å². The number of amides is 2. The smallest absolute Gasteiger partial charge is 0.243 e. The molecule has 2 aromatic rings. The quantitative estimate of drug-likeness (QED) is 0.621. The lowest BCUT2D eigenvalue weighted by Crippen LogP contribution is -2.21. The molecule has 5 nitrogen and oxygen atoms in total. The molecule has 0 bridgehead atoms. The zero-order chi connectivity index (χ0) is 16.7. The van der Waals surface area contributed by atoms with Crippen LogP contribution >= 0.6 is 22.6 Å². The normalized spacial score (nSPS) is 10.0. The van der Waals surface area contributed by atoms with Gasteiger partial charge in [0.15, 0.2) is 0 Å². The van der Waals surface area contributed by atoms with Crippen molar-refractivity contribution in [2.24, 2.45) is 0 Å². The molecule has 23 heavy (non-hydrogen) atoms. The minimum absolute atomic E-state index is 0.0384. The second kappa shape index (κ2) is 8.52. The van der Waals surface area contributed by atoms with Crippen molar-refractivity contribution in [1.29, 1.82) is 0 Å². The maximum Gasteiger partial charge on any atom is 0.243 e. The van der Waals surface area contributed by atoms with E-state index in [0.29, 0.717) is 17.8 Å². The van der Waals surface area contributed by atoms with Crippen LogP contribution < -0.4 is 16.0 Å². The molecule has 0 aliphatic heterocycles. The summed E-state index contributed by atoms with van der Waals surface area (Å²) in [5.74, 6) is -0.169. The molecular weight excluding hydrogens is 405 g/mol. The van der Waals surface area contributed by atoms with Crippen molar-refractivity contribution in [2.75, 3.05) is 22.5 Å². The fourth-order valence-electron chi connectivity index (χ4n) is 1.84. The average molecular weight is 423 g/mol. The van der Waals surface area contributed by atoms with Gasteiger partial charge in [-0.1, -0.05) is 6.92 Å². The minimum Gasteiger partial charge on any atom is -0.376 e. The van der Waals surface area contributed by atoms with Gasteiger partial charge in [-0.15, -0.1) is 0 Å². The van der Waals surface area contributed by atoms with Gasteiger partial charge in [-0.25, -0.2) is 0 Å². The summed E-state index contributed by atoms with van der Waals surface area (Å²) in [6.45, 7) is 1.99. The summed E-state index contributed by atoms with van der Waals surface area (Å²) in [5.41, 5.74) is 2.30. The highest BCUT2D eigenvalue weighted by molar-refractivity contribution is 14.1. The number of carbonyl (C=O) groups excluding carboxylic acids is 2. The Morgan fingerprint density at radius 3 is 1.83 bits per heavy atom. The van der Waals surface area contributed by atoms with Crippen LogP contribution in [0.5, 0.6) is 0 Å². The molecule has 0 unspecified atom stereocenters. The molecule has 2 amide bonds. The number of hydrogen-bond acceptors (Lipinski definition) is 3. The van der Waals surface area contributed by atoms with Crippen molar-refractivity contribution < 1.29 is 9.59 Å². The van der Waals surface area contributed by atoms with Gasteiger partial charge in [0.2, 0.25) is 11.8 Å². The summed E-state index contributed by atoms with van der Waals surface area (Å²) >= 11 is 2.23. The fourth-order valence-corrected chi connectivity index (χ4v) is 2.20. The van der Waals surface area contributed by atoms with E-state index in [2.05, 4.69) is 38.5 Å². The number of hydrogen-bond donors (Lipinski definition) is 3. The first-order valence-corrected chi connectivity index (χ1v) is 8.34. The molecule has 0 fully saturated rings. The second-order valence-electron chi connectivity index (χ2n) is 4.89. The summed E-state index contributed by atoms with van der Waals surface area (Å²) in [5, 5.41) is 8.63. The predicted octanol–water partition coefficient (Wildman–Crippen LogP) is 3.69. The van der Waals surface area contributed by atoms with Crippen LogP contribution in [-0.4, -0.2) is 18.4 Å². The topological polar surface area (TPSA) is 70.2 Å². The van der Waals surface area contributed by atoms with Gasteiger partial charge in [-0.05, 0) is 71.1 Å². The van der Waals surface area contributed by atoms with Gasteiger partial charge in [-0.3, -0.25) is 9.59 Å². The summed E-state index contributed by atoms with van der Waals surface area (Å²) in [6.07, 6.45) is 0.433. The Labute approximate surface area is 149 Å². The first kappa shape index (κ1) is 17.3. The van der Waals surface area contributed by atoms with Crippen molar-refractivity contribution in [3.63, 3.8) is 0 Å². The molecule has 0 saturated carbocycles. The lowest BCUT2D eigenvalue weighted by molar-refractivity contribution is -0.116. The van der Waals surface area contributed by atoms with Crippen molar-refractivity contribution in [3.05, 3.63) is 52.1 Å². The third kappa shape index (κ3) is 5.90. The van der Waals surface area contributed by atoms with Crippen molar-refractivity contribution >= 4 is 51.5 Å². The van der Waals surface area contributed by atoms with Crippen molar-refractivity contribution in [2.45, 2.75) is 13.3 Å². The Bertz CT molecular complexity index is 669. The largest absolute Gasteiger partial charge is 0.376 e. The third-order valence-electron chi connectivity index (χ3n) is 3.07. The SMILES string of the molecule is CCC(=O)Nc1ccc(NC(=O)CNc2ccc(I)cc2)cc1. The zero-order valence-electron chi connectivity index (χ0n) is 12.7. The fraction of sp³-hybridized carbons (Fsp3) is 0.176. The van der Waals surface area contributed by atoms with E-state index in [1.54, 1.807) is 31.2 Å². The number of nitrogens with one attached hydrogen (secondary N) is 3. The van der Waals surface area contributed by atoms with Crippen LogP contribution in [0.1, 0.15) is 13.3 Å². The number of carbonyl (C=O) groups is 2. The minimum atomic E-state index is -0.131. The van der Waals surface area contributed by atoms with Crippen LogP contribution in [-0.2, 0) is 9.59 Å². The highest BCUT2D eigenvalue weighted by atomic mass is 127. The summed E-state index contributed by atoms with van der Waals surface area (Å²) in [6, 6.07) is 14.8. The molecule has 0 atom stereocenters. The maximum atomic E-state index is 11.9. The number of rotatable bonds is 6. The molecule has 0 aromatic heterocycles. The highest BCUT2D eigenvalue weighted by Gasteiger charge is 2.03. The standard InChI is InChI=1S/C17H18IN3O2/c1-2-16(22)20-14-7-9-15(10-8-14)21-17(23)11-19-13-5-3-12(18)4-6-13/h3-10,19H,2,11H2,1H3,(H,20,22)(H,21,23). The lowest BCUT2D eigenvalue weighted by Gasteiger charge is -2.09. The molecule has 2 aromatic carbocycles. The van der Waals surface area contributed by atoms with Gasteiger partial charge in [0.1, 0.15) is 0 Å². The molecule has 6 heteroatoms. The molecule has 0 heterocycles. The number of benzene rings is 2. The van der Waals surface area contributed by atoms with Crippen LogP contribution in [0, 0.1) is 3.57 Å². The summed E-state index contributed by atoms with van der Waals surface area (Å²) < 4.78 is 1.15. The van der Waals surface area contributed by atoms with Crippen LogP contribution in [0.2, 0.25) is 0 Å². The van der Waals surface area contributed by atoms with Gasteiger partial charge < -0.3 is 16.0 Å². The van der Waals surface area contributed by atoms with Gasteiger partial charge in [0.25, 0.3) is 0 Å². The van der Waals surface area contributed by atoms with Gasteiger partial charge >= 0.3 is 0 Å². The van der Waals surface area contributed by atoms with E-state index >= 15 is 0 Å². The Balaban J connectivity index is 1.82. The van der Waals surface area contributed by atoms with Crippen LogP contribution in [0.25, 0.3) is 0 Å². The highest BCUT2D eigenvalue weighted by Crippen LogP contribution is 2.14. The molecule has 0 aliphatic rings. The van der Waals surface area contributed by atoms with Crippen molar-refractivity contribution in [3.8, 4) is 0 Å². The van der Waals surface area contributed by atoms with Crippen LogP contribution in [0.15, 0.2) is 48.5 Å². The molecule has 0 aliphatic carbocycles. The zero-order valence-corrected chi connectivity index (χ0v) is 14.9. The number of anilines is 3. The van der Waals surface area contributed by atoms with Gasteiger partial charge in [0.05, 0.1) is 6.54 Å². The Hall–Kier alpha value is -2.09. The van der Waals surface area contributed by atoms with Crippen molar-refractivity contribution in [1.82, 2.24) is 0 Å². The van der Waals surface area contributed by atoms with Crippen LogP contribution in [0.4, 0.5) is 17.1 Å². The van der Waals surface area contributed by atoms with E-state index < -0.39 is 0 Å². The second-order valence-corrected chi connectivity index (χ2v) is 6.13. The Morgan fingerprint density at radius 1 is 0.826 bits per heavy atom. The monoisotopic (exact) mass is 423 g/mol. The first-order valence-electron chi connectivity index (χ1n) is 7.26.